The van der Waals surface area contributed by atoms with Crippen molar-refractivity contribution in [2.24, 2.45) is 10.2 Å². The van der Waals surface area contributed by atoms with Gasteiger partial charge in [0.25, 0.3) is 0 Å². The van der Waals surface area contributed by atoms with Crippen LogP contribution in [0, 0.1) is 0 Å². The Morgan fingerprint density at radius 2 is 1.91 bits per heavy atom. The molecule has 0 atom stereocenters. The molecule has 2 aliphatic rings. The number of piperidine rings is 1. The molecule has 1 aromatic heterocycles. The van der Waals surface area contributed by atoms with Crippen LogP contribution in [0.1, 0.15) is 24.8 Å². The first kappa shape index (κ1) is 15.3. The summed E-state index contributed by atoms with van der Waals surface area (Å²) in [7, 11) is 0. The third-order valence-corrected chi connectivity index (χ3v) is 4.66. The predicted octanol–water partition coefficient (Wildman–Crippen LogP) is 4.19. The number of nitrogens with zero attached hydrogens (tertiary/aromatic N) is 4. The number of halogens is 1. The standard InChI is InChI=1S/C16H17ClN4S/c1-12-5-7-14(17)19-20-16(22-12)13-6-8-15(18-11-13)21-9-3-2-4-10-21/h5-8,11H,1-4,9-10H2/b7-5-,19-14+,20-16-. The van der Waals surface area contributed by atoms with Gasteiger partial charge in [-0.15, -0.1) is 10.2 Å². The number of pyridine rings is 1. The van der Waals surface area contributed by atoms with Gasteiger partial charge in [0.05, 0.1) is 0 Å². The Morgan fingerprint density at radius 1 is 1.09 bits per heavy atom. The summed E-state index contributed by atoms with van der Waals surface area (Å²) in [4.78, 5) is 7.78. The van der Waals surface area contributed by atoms with Crippen LogP contribution in [0.25, 0.3) is 0 Å². The van der Waals surface area contributed by atoms with Crippen LogP contribution in [-0.2, 0) is 0 Å². The van der Waals surface area contributed by atoms with E-state index in [4.69, 9.17) is 11.6 Å². The molecule has 0 aliphatic carbocycles. The van der Waals surface area contributed by atoms with Crippen LogP contribution in [0.2, 0.25) is 0 Å². The quantitative estimate of drug-likeness (QED) is 0.815. The van der Waals surface area contributed by atoms with Crippen LogP contribution in [0.5, 0.6) is 0 Å². The molecule has 3 heterocycles. The van der Waals surface area contributed by atoms with E-state index in [-0.39, 0.29) is 0 Å². The van der Waals surface area contributed by atoms with Gasteiger partial charge in [-0.05, 0) is 43.5 Å². The molecule has 0 unspecified atom stereocenters. The van der Waals surface area contributed by atoms with E-state index in [0.29, 0.717) is 5.17 Å². The summed E-state index contributed by atoms with van der Waals surface area (Å²) >= 11 is 7.39. The van der Waals surface area contributed by atoms with Crippen molar-refractivity contribution in [3.63, 3.8) is 0 Å². The van der Waals surface area contributed by atoms with Crippen molar-refractivity contribution in [1.29, 1.82) is 0 Å². The molecule has 4 nitrogen and oxygen atoms in total. The van der Waals surface area contributed by atoms with Gasteiger partial charge in [0, 0.05) is 29.8 Å². The summed E-state index contributed by atoms with van der Waals surface area (Å²) in [6, 6.07) is 4.08. The first-order valence-corrected chi connectivity index (χ1v) is 8.49. The van der Waals surface area contributed by atoms with Gasteiger partial charge < -0.3 is 4.90 Å². The summed E-state index contributed by atoms with van der Waals surface area (Å²) < 4.78 is 0. The van der Waals surface area contributed by atoms with Crippen LogP contribution in [0.4, 0.5) is 5.82 Å². The lowest BCUT2D eigenvalue weighted by Gasteiger charge is -2.27. The maximum absolute atomic E-state index is 5.92. The molecule has 2 aliphatic heterocycles. The monoisotopic (exact) mass is 332 g/mol. The summed E-state index contributed by atoms with van der Waals surface area (Å²) in [5.74, 6) is 1.03. The number of rotatable bonds is 2. The van der Waals surface area contributed by atoms with Gasteiger partial charge in [0.2, 0.25) is 0 Å². The number of hydrogen-bond acceptors (Lipinski definition) is 5. The minimum Gasteiger partial charge on any atom is -0.357 e. The average Bonchev–Trinajstić information content (AvgIpc) is 2.56. The highest BCUT2D eigenvalue weighted by Gasteiger charge is 2.13. The molecule has 3 rings (SSSR count). The normalized spacial score (nSPS) is 25.5. The van der Waals surface area contributed by atoms with Gasteiger partial charge in [0.1, 0.15) is 10.9 Å². The molecule has 6 heteroatoms. The smallest absolute Gasteiger partial charge is 0.151 e. The number of allylic oxidation sites excluding steroid dienone is 2. The van der Waals surface area contributed by atoms with Crippen molar-refractivity contribution in [3.05, 3.63) is 47.5 Å². The minimum atomic E-state index is 0.344. The third kappa shape index (κ3) is 3.78. The summed E-state index contributed by atoms with van der Waals surface area (Å²) in [5, 5.41) is 9.27. The van der Waals surface area contributed by atoms with Crippen LogP contribution in [0.3, 0.4) is 0 Å². The number of thioether (sulfide) groups is 1. The van der Waals surface area contributed by atoms with Gasteiger partial charge in [-0.2, -0.15) is 0 Å². The zero-order valence-corrected chi connectivity index (χ0v) is 13.8. The fourth-order valence-electron chi connectivity index (χ4n) is 2.41. The summed E-state index contributed by atoms with van der Waals surface area (Å²) in [6.07, 6.45) is 9.17. The van der Waals surface area contributed by atoms with Crippen molar-refractivity contribution in [3.8, 4) is 0 Å². The highest BCUT2D eigenvalue weighted by atomic mass is 35.5. The molecule has 0 radical (unpaired) electrons. The lowest BCUT2D eigenvalue weighted by Crippen LogP contribution is -2.30. The lowest BCUT2D eigenvalue weighted by atomic mass is 10.1. The molecule has 0 bridgehead atoms. The van der Waals surface area contributed by atoms with E-state index >= 15 is 0 Å². The van der Waals surface area contributed by atoms with Crippen molar-refractivity contribution >= 4 is 39.4 Å². The number of aromatic nitrogens is 1. The Hall–Kier alpha value is -1.59. The van der Waals surface area contributed by atoms with Crippen LogP contribution >= 0.6 is 23.4 Å². The molecule has 0 aromatic carbocycles. The largest absolute Gasteiger partial charge is 0.357 e. The fraction of sp³-hybridized carbons (Fsp3) is 0.312. The Bertz CT molecular complexity index is 643. The zero-order chi connectivity index (χ0) is 15.4. The van der Waals surface area contributed by atoms with Crippen molar-refractivity contribution in [1.82, 2.24) is 4.98 Å². The fourth-order valence-corrected chi connectivity index (χ4v) is 3.21. The maximum Gasteiger partial charge on any atom is 0.151 e. The molecular weight excluding hydrogens is 316 g/mol. The summed E-state index contributed by atoms with van der Waals surface area (Å²) in [5.41, 5.74) is 0.926. The van der Waals surface area contributed by atoms with Crippen molar-refractivity contribution in [2.75, 3.05) is 18.0 Å². The zero-order valence-electron chi connectivity index (χ0n) is 12.2. The molecule has 0 N–H and O–H groups in total. The molecule has 0 saturated carbocycles. The molecule has 1 saturated heterocycles. The second-order valence-electron chi connectivity index (χ2n) is 5.18. The Morgan fingerprint density at radius 3 is 2.64 bits per heavy atom. The SMILES string of the molecule is C=C1\C=C/C(Cl)=N\N=C(\c2ccc(N3CCCCC3)nc2)S1. The second kappa shape index (κ2) is 7.11. The Labute approximate surface area is 139 Å². The van der Waals surface area contributed by atoms with E-state index in [9.17, 15) is 0 Å². The third-order valence-electron chi connectivity index (χ3n) is 3.55. The van der Waals surface area contributed by atoms with E-state index < -0.39 is 0 Å². The van der Waals surface area contributed by atoms with Crippen LogP contribution in [0.15, 0.2) is 52.2 Å². The Kier molecular flexibility index (Phi) is 4.95. The molecule has 0 spiro atoms. The van der Waals surface area contributed by atoms with E-state index in [2.05, 4.69) is 26.7 Å². The highest BCUT2D eigenvalue weighted by molar-refractivity contribution is 8.17. The van der Waals surface area contributed by atoms with Crippen molar-refractivity contribution < 1.29 is 0 Å². The topological polar surface area (TPSA) is 40.9 Å². The highest BCUT2D eigenvalue weighted by Crippen LogP contribution is 2.25. The second-order valence-corrected chi connectivity index (χ2v) is 6.68. The number of anilines is 1. The molecule has 1 fully saturated rings. The van der Waals surface area contributed by atoms with Gasteiger partial charge in [-0.3, -0.25) is 0 Å². The lowest BCUT2D eigenvalue weighted by molar-refractivity contribution is 0.573. The van der Waals surface area contributed by atoms with E-state index in [0.717, 1.165) is 34.4 Å². The predicted molar refractivity (Wildman–Crippen MR) is 96.0 cm³/mol. The first-order chi connectivity index (χ1) is 10.7. The van der Waals surface area contributed by atoms with E-state index in [1.807, 2.05) is 24.4 Å². The molecular formula is C16H17ClN4S. The molecule has 1 aromatic rings. The number of hydrogen-bond donors (Lipinski definition) is 0. The van der Waals surface area contributed by atoms with Crippen LogP contribution < -0.4 is 4.90 Å². The van der Waals surface area contributed by atoms with Crippen molar-refractivity contribution in [2.45, 2.75) is 19.3 Å². The Balaban J connectivity index is 1.81. The van der Waals surface area contributed by atoms with Gasteiger partial charge in [-0.1, -0.05) is 29.9 Å². The van der Waals surface area contributed by atoms with Gasteiger partial charge in [-0.25, -0.2) is 4.98 Å². The summed E-state index contributed by atoms with van der Waals surface area (Å²) in [6.45, 7) is 6.14. The maximum atomic E-state index is 5.92. The minimum absolute atomic E-state index is 0.344. The first-order valence-electron chi connectivity index (χ1n) is 7.30. The van der Waals surface area contributed by atoms with E-state index in [1.165, 1.54) is 31.0 Å². The van der Waals surface area contributed by atoms with Crippen LogP contribution in [-0.4, -0.2) is 28.3 Å². The average molecular weight is 333 g/mol. The van der Waals surface area contributed by atoms with Gasteiger partial charge >= 0.3 is 0 Å². The molecule has 22 heavy (non-hydrogen) atoms. The van der Waals surface area contributed by atoms with Gasteiger partial charge in [0.15, 0.2) is 5.17 Å². The molecule has 0 amide bonds. The van der Waals surface area contributed by atoms with E-state index in [1.54, 1.807) is 6.08 Å². The molecule has 114 valence electrons.